The largest absolute Gasteiger partial charge is 0.530 e. The fourth-order valence-corrected chi connectivity index (χ4v) is 1.72. The van der Waals surface area contributed by atoms with Crippen molar-refractivity contribution in [1.29, 1.82) is 0 Å². The maximum atomic E-state index is 11.0. The third-order valence-corrected chi connectivity index (χ3v) is 2.54. The van der Waals surface area contributed by atoms with E-state index in [0.717, 1.165) is 9.80 Å². The van der Waals surface area contributed by atoms with Crippen LogP contribution in [0.3, 0.4) is 0 Å². The molecule has 0 bridgehead atoms. The van der Waals surface area contributed by atoms with Crippen molar-refractivity contribution in [3.8, 4) is 0 Å². The van der Waals surface area contributed by atoms with Crippen LogP contribution in [0.15, 0.2) is 22.8 Å². The van der Waals surface area contributed by atoms with Gasteiger partial charge < -0.3 is 34.0 Å². The maximum absolute atomic E-state index is 11.0. The fraction of sp³-hybridized carbons (Fsp3) is 0.455. The second-order valence-electron chi connectivity index (χ2n) is 3.49. The Morgan fingerprint density at radius 2 is 1.72 bits per heavy atom. The molecule has 1 aromatic rings. The minimum atomic E-state index is -1.47. The average molecular weight is 254 g/mol. The van der Waals surface area contributed by atoms with Gasteiger partial charge in [0.15, 0.2) is 6.17 Å². The number of amides is 2. The molecule has 0 aromatic carbocycles. The molecule has 0 fully saturated rings. The van der Waals surface area contributed by atoms with Gasteiger partial charge >= 0.3 is 0 Å². The van der Waals surface area contributed by atoms with Crippen molar-refractivity contribution in [3.05, 3.63) is 24.2 Å². The van der Waals surface area contributed by atoms with Gasteiger partial charge in [-0.1, -0.05) is 0 Å². The predicted molar refractivity (Wildman–Crippen MR) is 57.0 cm³/mol. The lowest BCUT2D eigenvalue weighted by Crippen LogP contribution is -2.53. The number of carbonyl (C=O) groups excluding carboxylic acids is 2. The van der Waals surface area contributed by atoms with Crippen LogP contribution in [0.25, 0.3) is 0 Å². The van der Waals surface area contributed by atoms with Crippen molar-refractivity contribution in [2.75, 3.05) is 13.1 Å². The molecular formula is C11H14N2O5-2. The SMILES string of the molecule is CCN(C(=O)[O-])C(c1ccco1)N(CC)C(=O)[O-]. The average Bonchev–Trinajstić information content (AvgIpc) is 2.81. The van der Waals surface area contributed by atoms with Crippen molar-refractivity contribution >= 4 is 12.2 Å². The Kier molecular flexibility index (Phi) is 4.59. The predicted octanol–water partition coefficient (Wildman–Crippen LogP) is -0.391. The Hall–Kier alpha value is -2.18. The molecule has 0 radical (unpaired) electrons. The van der Waals surface area contributed by atoms with E-state index in [-0.39, 0.29) is 18.8 Å². The van der Waals surface area contributed by atoms with E-state index in [1.54, 1.807) is 19.9 Å². The Balaban J connectivity index is 3.16. The van der Waals surface area contributed by atoms with Gasteiger partial charge in [0.2, 0.25) is 0 Å². The normalized spacial score (nSPS) is 10.4. The second-order valence-corrected chi connectivity index (χ2v) is 3.49. The molecule has 7 heteroatoms. The van der Waals surface area contributed by atoms with Gasteiger partial charge in [-0.3, -0.25) is 0 Å². The lowest BCUT2D eigenvalue weighted by molar-refractivity contribution is -0.283. The number of nitrogens with zero attached hydrogens (tertiary/aromatic N) is 2. The molecule has 0 aliphatic rings. The summed E-state index contributed by atoms with van der Waals surface area (Å²) >= 11 is 0. The molecule has 18 heavy (non-hydrogen) atoms. The maximum Gasteiger partial charge on any atom is 0.163 e. The van der Waals surface area contributed by atoms with E-state index in [1.807, 2.05) is 0 Å². The number of carboxylic acid groups (broad SMARTS) is 2. The van der Waals surface area contributed by atoms with Crippen LogP contribution in [-0.2, 0) is 0 Å². The van der Waals surface area contributed by atoms with Crippen molar-refractivity contribution in [2.24, 2.45) is 0 Å². The first kappa shape index (κ1) is 13.9. The standard InChI is InChI=1S/C11H16N2O5/c1-3-12(10(14)15)9(8-6-5-7-18-8)13(4-2)11(16)17/h5-7,9H,3-4H2,1-2H3,(H,14,15)(H,16,17)/p-2. The Morgan fingerprint density at radius 1 is 1.22 bits per heavy atom. The van der Waals surface area contributed by atoms with Gasteiger partial charge in [-0.25, -0.2) is 0 Å². The fourth-order valence-electron chi connectivity index (χ4n) is 1.72. The molecular weight excluding hydrogens is 240 g/mol. The van der Waals surface area contributed by atoms with Gasteiger partial charge in [0.1, 0.15) is 17.9 Å². The minimum absolute atomic E-state index is 0.0669. The van der Waals surface area contributed by atoms with E-state index in [2.05, 4.69) is 0 Å². The van der Waals surface area contributed by atoms with Crippen LogP contribution < -0.4 is 10.2 Å². The van der Waals surface area contributed by atoms with Crippen LogP contribution in [0, 0.1) is 0 Å². The molecule has 0 saturated carbocycles. The highest BCUT2D eigenvalue weighted by Crippen LogP contribution is 2.24. The third-order valence-electron chi connectivity index (χ3n) is 2.54. The lowest BCUT2D eigenvalue weighted by Gasteiger charge is -2.40. The van der Waals surface area contributed by atoms with Gasteiger partial charge in [-0.2, -0.15) is 0 Å². The number of carbonyl (C=O) groups is 2. The zero-order valence-corrected chi connectivity index (χ0v) is 10.2. The number of rotatable bonds is 5. The van der Waals surface area contributed by atoms with Gasteiger partial charge in [-0.05, 0) is 26.0 Å². The quantitative estimate of drug-likeness (QED) is 0.666. The topological polar surface area (TPSA) is 99.9 Å². The summed E-state index contributed by atoms with van der Waals surface area (Å²) in [6, 6.07) is 3.05. The van der Waals surface area contributed by atoms with Crippen LogP contribution in [0.4, 0.5) is 9.59 Å². The highest BCUT2D eigenvalue weighted by molar-refractivity contribution is 5.66. The summed E-state index contributed by atoms with van der Waals surface area (Å²) in [7, 11) is 0. The second kappa shape index (κ2) is 5.95. The van der Waals surface area contributed by atoms with E-state index < -0.39 is 18.4 Å². The van der Waals surface area contributed by atoms with E-state index in [4.69, 9.17) is 4.42 Å². The summed E-state index contributed by atoms with van der Waals surface area (Å²) < 4.78 is 5.10. The first-order valence-electron chi connectivity index (χ1n) is 5.51. The smallest absolute Gasteiger partial charge is 0.163 e. The van der Waals surface area contributed by atoms with Crippen LogP contribution in [0.5, 0.6) is 0 Å². The Labute approximate surface area is 104 Å². The molecule has 1 rings (SSSR count). The summed E-state index contributed by atoms with van der Waals surface area (Å²) in [4.78, 5) is 23.8. The molecule has 0 aliphatic heterocycles. The van der Waals surface area contributed by atoms with Gasteiger partial charge in [0.05, 0.1) is 6.26 Å². The molecule has 0 unspecified atom stereocenters. The Bertz CT molecular complexity index is 382. The van der Waals surface area contributed by atoms with Crippen molar-refractivity contribution in [1.82, 2.24) is 9.80 Å². The Morgan fingerprint density at radius 3 is 2.00 bits per heavy atom. The molecule has 0 atom stereocenters. The van der Waals surface area contributed by atoms with Gasteiger partial charge in [0.25, 0.3) is 0 Å². The van der Waals surface area contributed by atoms with E-state index >= 15 is 0 Å². The van der Waals surface area contributed by atoms with Crippen LogP contribution in [0.2, 0.25) is 0 Å². The van der Waals surface area contributed by atoms with E-state index in [0.29, 0.717) is 0 Å². The van der Waals surface area contributed by atoms with Crippen molar-refractivity contribution < 1.29 is 24.2 Å². The minimum Gasteiger partial charge on any atom is -0.530 e. The third kappa shape index (κ3) is 2.73. The zero-order chi connectivity index (χ0) is 13.7. The summed E-state index contributed by atoms with van der Waals surface area (Å²) in [5, 5.41) is 22.1. The first-order chi connectivity index (χ1) is 8.52. The molecule has 0 N–H and O–H groups in total. The van der Waals surface area contributed by atoms with Crippen molar-refractivity contribution in [3.63, 3.8) is 0 Å². The molecule has 0 spiro atoms. The molecule has 0 aliphatic carbocycles. The molecule has 0 saturated heterocycles. The molecule has 1 heterocycles. The van der Waals surface area contributed by atoms with Gasteiger partial charge in [0, 0.05) is 13.1 Å². The number of hydrogen-bond acceptors (Lipinski definition) is 5. The highest BCUT2D eigenvalue weighted by Gasteiger charge is 2.27. The van der Waals surface area contributed by atoms with Crippen molar-refractivity contribution in [2.45, 2.75) is 20.0 Å². The molecule has 100 valence electrons. The lowest BCUT2D eigenvalue weighted by atomic mass is 10.3. The number of furan rings is 1. The number of hydrogen-bond donors (Lipinski definition) is 0. The van der Waals surface area contributed by atoms with Crippen LogP contribution in [-0.4, -0.2) is 35.1 Å². The molecule has 1 aromatic heterocycles. The van der Waals surface area contributed by atoms with Crippen LogP contribution in [0.1, 0.15) is 25.8 Å². The summed E-state index contributed by atoms with van der Waals surface area (Å²) in [5.74, 6) is 0.201. The first-order valence-corrected chi connectivity index (χ1v) is 5.51. The summed E-state index contributed by atoms with van der Waals surface area (Å²) in [6.45, 7) is 3.29. The monoisotopic (exact) mass is 254 g/mol. The van der Waals surface area contributed by atoms with Crippen LogP contribution >= 0.6 is 0 Å². The highest BCUT2D eigenvalue weighted by atomic mass is 16.4. The summed E-state index contributed by atoms with van der Waals surface area (Å²) in [6.07, 6.45) is -2.70. The van der Waals surface area contributed by atoms with E-state index in [1.165, 1.54) is 12.3 Å². The molecule has 2 amide bonds. The van der Waals surface area contributed by atoms with E-state index in [9.17, 15) is 19.8 Å². The summed E-state index contributed by atoms with van der Waals surface area (Å²) in [5.41, 5.74) is 0. The van der Waals surface area contributed by atoms with Gasteiger partial charge in [-0.15, -0.1) is 0 Å². The molecule has 7 nitrogen and oxygen atoms in total. The zero-order valence-electron chi connectivity index (χ0n) is 10.2.